The lowest BCUT2D eigenvalue weighted by Gasteiger charge is -2.11. The van der Waals surface area contributed by atoms with Crippen molar-refractivity contribution >= 4 is 27.4 Å². The Balaban J connectivity index is 2.43. The van der Waals surface area contributed by atoms with Crippen LogP contribution in [-0.4, -0.2) is 19.5 Å². The second kappa shape index (κ2) is 5.41. The van der Waals surface area contributed by atoms with Crippen LogP contribution in [-0.2, 0) is 10.0 Å². The highest BCUT2D eigenvalue weighted by Crippen LogP contribution is 2.23. The van der Waals surface area contributed by atoms with E-state index in [2.05, 4.69) is 4.72 Å². The molecular weight excluding hydrogens is 299 g/mol. The summed E-state index contributed by atoms with van der Waals surface area (Å²) in [5, 5.41) is 9.04. The summed E-state index contributed by atoms with van der Waals surface area (Å²) in [4.78, 5) is 10.9. The van der Waals surface area contributed by atoms with E-state index in [4.69, 9.17) is 10.8 Å². The Morgan fingerprint density at radius 2 is 1.76 bits per heavy atom. The highest BCUT2D eigenvalue weighted by molar-refractivity contribution is 7.92. The third-order valence-electron chi connectivity index (χ3n) is 2.64. The van der Waals surface area contributed by atoms with Crippen LogP contribution in [0.3, 0.4) is 0 Å². The third-order valence-corrected chi connectivity index (χ3v) is 4.02. The Morgan fingerprint density at radius 1 is 1.14 bits per heavy atom. The van der Waals surface area contributed by atoms with Crippen LogP contribution in [0.15, 0.2) is 47.4 Å². The van der Waals surface area contributed by atoms with E-state index >= 15 is 0 Å². The van der Waals surface area contributed by atoms with E-state index in [0.717, 1.165) is 24.3 Å². The summed E-state index contributed by atoms with van der Waals surface area (Å²) in [5.41, 5.74) is 5.33. The van der Waals surface area contributed by atoms with E-state index in [1.165, 1.54) is 18.2 Å². The molecule has 2 aromatic rings. The van der Waals surface area contributed by atoms with Gasteiger partial charge in [-0.1, -0.05) is 0 Å². The van der Waals surface area contributed by atoms with Gasteiger partial charge < -0.3 is 10.8 Å². The maximum atomic E-state index is 12.8. The molecule has 0 fully saturated rings. The fourth-order valence-corrected chi connectivity index (χ4v) is 2.72. The lowest BCUT2D eigenvalue weighted by molar-refractivity contribution is 0.0698. The SMILES string of the molecule is Nc1ccc(C(=O)O)c(NS(=O)(=O)c2ccc(F)cc2)c1. The fraction of sp³-hybridized carbons (Fsp3) is 0. The summed E-state index contributed by atoms with van der Waals surface area (Å²) in [7, 11) is -4.04. The van der Waals surface area contributed by atoms with Crippen LogP contribution in [0.4, 0.5) is 15.8 Å². The minimum absolute atomic E-state index is 0.160. The van der Waals surface area contributed by atoms with Gasteiger partial charge in [-0.05, 0) is 42.5 Å². The fourth-order valence-electron chi connectivity index (χ4n) is 1.65. The van der Waals surface area contributed by atoms with Crippen molar-refractivity contribution in [3.8, 4) is 0 Å². The normalized spacial score (nSPS) is 11.1. The standard InChI is InChI=1S/C13H11FN2O4S/c14-8-1-4-10(5-2-8)21(19,20)16-12-7-9(15)3-6-11(12)13(17)18/h1-7,16H,15H2,(H,17,18). The molecule has 0 aromatic heterocycles. The lowest BCUT2D eigenvalue weighted by Crippen LogP contribution is -2.15. The van der Waals surface area contributed by atoms with Crippen LogP contribution in [0.25, 0.3) is 0 Å². The van der Waals surface area contributed by atoms with Crippen LogP contribution in [0.5, 0.6) is 0 Å². The first-order valence-corrected chi connectivity index (χ1v) is 7.19. The molecule has 110 valence electrons. The Morgan fingerprint density at radius 3 is 2.33 bits per heavy atom. The first-order valence-electron chi connectivity index (χ1n) is 5.71. The number of carbonyl (C=O) groups is 1. The molecule has 6 nitrogen and oxygen atoms in total. The number of nitrogens with one attached hydrogen (secondary N) is 1. The zero-order chi connectivity index (χ0) is 15.6. The predicted molar refractivity (Wildman–Crippen MR) is 75.0 cm³/mol. The number of hydrogen-bond donors (Lipinski definition) is 3. The van der Waals surface area contributed by atoms with Gasteiger partial charge in [0.25, 0.3) is 10.0 Å². The zero-order valence-electron chi connectivity index (χ0n) is 10.6. The number of sulfonamides is 1. The number of nitrogens with two attached hydrogens (primary N) is 1. The van der Waals surface area contributed by atoms with Crippen molar-refractivity contribution < 1.29 is 22.7 Å². The molecule has 0 heterocycles. The third kappa shape index (κ3) is 3.29. The summed E-state index contributed by atoms with van der Waals surface area (Å²) >= 11 is 0. The van der Waals surface area contributed by atoms with Gasteiger partial charge in [-0.25, -0.2) is 17.6 Å². The molecule has 0 spiro atoms. The van der Waals surface area contributed by atoms with Crippen LogP contribution in [0.1, 0.15) is 10.4 Å². The average molecular weight is 310 g/mol. The molecule has 2 aromatic carbocycles. The largest absolute Gasteiger partial charge is 0.478 e. The Kier molecular flexibility index (Phi) is 3.81. The number of aromatic carboxylic acids is 1. The molecule has 0 aliphatic carbocycles. The van der Waals surface area contributed by atoms with Crippen LogP contribution in [0, 0.1) is 5.82 Å². The summed E-state index contributed by atoms with van der Waals surface area (Å²) in [6.45, 7) is 0. The topological polar surface area (TPSA) is 109 Å². The van der Waals surface area contributed by atoms with Gasteiger partial charge in [0, 0.05) is 5.69 Å². The van der Waals surface area contributed by atoms with Crippen molar-refractivity contribution in [1.82, 2.24) is 0 Å². The van der Waals surface area contributed by atoms with Crippen LogP contribution in [0.2, 0.25) is 0 Å². The van der Waals surface area contributed by atoms with E-state index in [1.54, 1.807) is 0 Å². The van der Waals surface area contributed by atoms with Crippen molar-refractivity contribution in [3.05, 3.63) is 53.8 Å². The van der Waals surface area contributed by atoms with E-state index < -0.39 is 21.8 Å². The van der Waals surface area contributed by atoms with Gasteiger partial charge in [0.05, 0.1) is 16.1 Å². The maximum absolute atomic E-state index is 12.8. The second-order valence-corrected chi connectivity index (χ2v) is 5.85. The van der Waals surface area contributed by atoms with Crippen molar-refractivity contribution in [2.24, 2.45) is 0 Å². The zero-order valence-corrected chi connectivity index (χ0v) is 11.4. The van der Waals surface area contributed by atoms with Crippen LogP contribution < -0.4 is 10.5 Å². The summed E-state index contributed by atoms with van der Waals surface area (Å²) in [6, 6.07) is 7.87. The van der Waals surface area contributed by atoms with Gasteiger partial charge in [0.1, 0.15) is 5.82 Å². The Labute approximate surface area is 120 Å². The molecule has 0 radical (unpaired) electrons. The van der Waals surface area contributed by atoms with Crippen molar-refractivity contribution in [2.75, 3.05) is 10.5 Å². The first kappa shape index (κ1) is 14.8. The van der Waals surface area contributed by atoms with E-state index in [1.807, 2.05) is 0 Å². The maximum Gasteiger partial charge on any atom is 0.337 e. The molecule has 0 aliphatic heterocycles. The molecule has 0 atom stereocenters. The molecule has 4 N–H and O–H groups in total. The van der Waals surface area contributed by atoms with Gasteiger partial charge in [-0.2, -0.15) is 0 Å². The van der Waals surface area contributed by atoms with Gasteiger partial charge in [-0.3, -0.25) is 4.72 Å². The van der Waals surface area contributed by atoms with E-state index in [9.17, 15) is 17.6 Å². The van der Waals surface area contributed by atoms with Gasteiger partial charge >= 0.3 is 5.97 Å². The molecule has 0 bridgehead atoms. The first-order chi connectivity index (χ1) is 9.79. The van der Waals surface area contributed by atoms with Crippen molar-refractivity contribution in [2.45, 2.75) is 4.90 Å². The predicted octanol–water partition coefficient (Wildman–Crippen LogP) is 1.91. The van der Waals surface area contributed by atoms with Crippen molar-refractivity contribution in [1.29, 1.82) is 0 Å². The number of benzene rings is 2. The number of carboxylic acids is 1. The number of nitrogen functional groups attached to an aromatic ring is 1. The van der Waals surface area contributed by atoms with Crippen LogP contribution >= 0.6 is 0 Å². The molecule has 2 rings (SSSR count). The number of hydrogen-bond acceptors (Lipinski definition) is 4. The Hall–Kier alpha value is -2.61. The molecule has 0 unspecified atom stereocenters. The molecule has 0 saturated carbocycles. The highest BCUT2D eigenvalue weighted by atomic mass is 32.2. The quantitative estimate of drug-likeness (QED) is 0.747. The Bertz CT molecular complexity index is 788. The average Bonchev–Trinajstić information content (AvgIpc) is 2.38. The summed E-state index contributed by atoms with van der Waals surface area (Å²) < 4.78 is 39.2. The molecule has 21 heavy (non-hydrogen) atoms. The number of halogens is 1. The highest BCUT2D eigenvalue weighted by Gasteiger charge is 2.18. The molecule has 0 saturated heterocycles. The van der Waals surface area contributed by atoms with Gasteiger partial charge in [0.2, 0.25) is 0 Å². The van der Waals surface area contributed by atoms with Crippen molar-refractivity contribution in [3.63, 3.8) is 0 Å². The second-order valence-electron chi connectivity index (χ2n) is 4.17. The molecular formula is C13H11FN2O4S. The summed E-state index contributed by atoms with van der Waals surface area (Å²) in [5.74, 6) is -1.88. The number of carboxylic acid groups (broad SMARTS) is 1. The molecule has 0 amide bonds. The lowest BCUT2D eigenvalue weighted by atomic mass is 10.1. The molecule has 8 heteroatoms. The smallest absolute Gasteiger partial charge is 0.337 e. The minimum Gasteiger partial charge on any atom is -0.478 e. The molecule has 0 aliphatic rings. The minimum atomic E-state index is -4.04. The van der Waals surface area contributed by atoms with Gasteiger partial charge in [-0.15, -0.1) is 0 Å². The van der Waals surface area contributed by atoms with E-state index in [-0.39, 0.29) is 21.8 Å². The summed E-state index contributed by atoms with van der Waals surface area (Å²) in [6.07, 6.45) is 0. The monoisotopic (exact) mass is 310 g/mol. The van der Waals surface area contributed by atoms with E-state index in [0.29, 0.717) is 0 Å². The number of anilines is 2. The van der Waals surface area contributed by atoms with Gasteiger partial charge in [0.15, 0.2) is 0 Å². The number of rotatable bonds is 4.